The number of carbonyl (C=O) groups is 1. The highest BCUT2D eigenvalue weighted by Crippen LogP contribution is 2.32. The van der Waals surface area contributed by atoms with Gasteiger partial charge < -0.3 is 23.9 Å². The largest absolute Gasteiger partial charge is 0.454 e. The minimum Gasteiger partial charge on any atom is -0.454 e. The predicted octanol–water partition coefficient (Wildman–Crippen LogP) is 3.24. The highest BCUT2D eigenvalue weighted by atomic mass is 16.7. The molecule has 0 fully saturated rings. The van der Waals surface area contributed by atoms with Crippen molar-refractivity contribution in [1.82, 2.24) is 5.32 Å². The second kappa shape index (κ2) is 6.49. The third-order valence-electron chi connectivity index (χ3n) is 4.08. The lowest BCUT2D eigenvalue weighted by Crippen LogP contribution is -2.23. The maximum absolute atomic E-state index is 12.6. The van der Waals surface area contributed by atoms with Crippen molar-refractivity contribution in [2.75, 3.05) is 13.9 Å². The summed E-state index contributed by atoms with van der Waals surface area (Å²) in [4.78, 5) is 12.6. The van der Waals surface area contributed by atoms with E-state index in [2.05, 4.69) is 5.32 Å². The Morgan fingerprint density at radius 1 is 1.16 bits per heavy atom. The average Bonchev–Trinajstić information content (AvgIpc) is 3.24. The topological polar surface area (TPSA) is 69.9 Å². The van der Waals surface area contributed by atoms with Crippen molar-refractivity contribution in [3.63, 3.8) is 0 Å². The van der Waals surface area contributed by atoms with Crippen molar-refractivity contribution in [2.45, 2.75) is 13.2 Å². The molecule has 0 saturated carbocycles. The smallest absolute Gasteiger partial charge is 0.287 e. The molecular formula is C19H17NO5. The zero-order valence-corrected chi connectivity index (χ0v) is 13.7. The van der Waals surface area contributed by atoms with Crippen molar-refractivity contribution in [2.24, 2.45) is 0 Å². The zero-order chi connectivity index (χ0) is 17.2. The minimum atomic E-state index is -0.277. The third kappa shape index (κ3) is 2.92. The summed E-state index contributed by atoms with van der Waals surface area (Å²) < 4.78 is 21.6. The van der Waals surface area contributed by atoms with E-state index in [-0.39, 0.29) is 18.5 Å². The van der Waals surface area contributed by atoms with Gasteiger partial charge >= 0.3 is 0 Å². The average molecular weight is 339 g/mol. The second-order valence-electron chi connectivity index (χ2n) is 5.71. The van der Waals surface area contributed by atoms with Crippen LogP contribution < -0.4 is 14.8 Å². The van der Waals surface area contributed by atoms with E-state index in [4.69, 9.17) is 18.6 Å². The first-order valence-electron chi connectivity index (χ1n) is 7.92. The SMILES string of the molecule is COCc1c(C(=O)NCc2ccc3c(c2)OCO3)oc2ccccc12. The summed E-state index contributed by atoms with van der Waals surface area (Å²) in [5, 5.41) is 3.77. The number of fused-ring (bicyclic) bond motifs is 2. The van der Waals surface area contributed by atoms with E-state index in [9.17, 15) is 4.79 Å². The normalized spacial score (nSPS) is 12.5. The molecule has 0 radical (unpaired) electrons. The van der Waals surface area contributed by atoms with Crippen LogP contribution in [0.5, 0.6) is 11.5 Å². The molecule has 2 aromatic carbocycles. The molecule has 0 aliphatic carbocycles. The van der Waals surface area contributed by atoms with E-state index in [0.717, 1.165) is 22.3 Å². The van der Waals surface area contributed by atoms with Crippen LogP contribution in [0.3, 0.4) is 0 Å². The molecule has 6 nitrogen and oxygen atoms in total. The number of para-hydroxylation sites is 1. The van der Waals surface area contributed by atoms with Gasteiger partial charge in [-0.2, -0.15) is 0 Å². The fraction of sp³-hybridized carbons (Fsp3) is 0.211. The molecule has 0 bridgehead atoms. The number of hydrogen-bond acceptors (Lipinski definition) is 5. The van der Waals surface area contributed by atoms with Gasteiger partial charge in [0.1, 0.15) is 5.58 Å². The lowest BCUT2D eigenvalue weighted by atomic mass is 10.1. The molecule has 1 aromatic heterocycles. The summed E-state index contributed by atoms with van der Waals surface area (Å²) in [6.07, 6.45) is 0. The summed E-state index contributed by atoms with van der Waals surface area (Å²) in [6.45, 7) is 0.896. The van der Waals surface area contributed by atoms with Crippen molar-refractivity contribution in [1.29, 1.82) is 0 Å². The fourth-order valence-corrected chi connectivity index (χ4v) is 2.88. The quantitative estimate of drug-likeness (QED) is 0.773. The van der Waals surface area contributed by atoms with E-state index in [1.807, 2.05) is 42.5 Å². The monoisotopic (exact) mass is 339 g/mol. The first-order valence-corrected chi connectivity index (χ1v) is 7.92. The summed E-state index contributed by atoms with van der Waals surface area (Å²) in [5.74, 6) is 1.41. The maximum Gasteiger partial charge on any atom is 0.287 e. The summed E-state index contributed by atoms with van der Waals surface area (Å²) in [5.41, 5.74) is 2.34. The van der Waals surface area contributed by atoms with E-state index in [0.29, 0.717) is 24.5 Å². The van der Waals surface area contributed by atoms with Gasteiger partial charge in [0.15, 0.2) is 17.3 Å². The number of methoxy groups -OCH3 is 1. The van der Waals surface area contributed by atoms with Gasteiger partial charge in [-0.1, -0.05) is 24.3 Å². The van der Waals surface area contributed by atoms with Gasteiger partial charge in [-0.15, -0.1) is 0 Å². The second-order valence-corrected chi connectivity index (χ2v) is 5.71. The molecule has 1 amide bonds. The highest BCUT2D eigenvalue weighted by Gasteiger charge is 2.20. The van der Waals surface area contributed by atoms with Crippen LogP contribution in [-0.4, -0.2) is 19.8 Å². The number of amides is 1. The number of benzene rings is 2. The lowest BCUT2D eigenvalue weighted by molar-refractivity contribution is 0.0918. The van der Waals surface area contributed by atoms with Gasteiger partial charge in [0.2, 0.25) is 6.79 Å². The number of furan rings is 1. The maximum atomic E-state index is 12.6. The molecule has 1 aliphatic rings. The summed E-state index contributed by atoms with van der Waals surface area (Å²) >= 11 is 0. The van der Waals surface area contributed by atoms with Crippen molar-refractivity contribution >= 4 is 16.9 Å². The Bertz CT molecular complexity index is 931. The van der Waals surface area contributed by atoms with E-state index >= 15 is 0 Å². The molecule has 4 rings (SSSR count). The molecule has 2 heterocycles. The highest BCUT2D eigenvalue weighted by molar-refractivity contribution is 5.99. The molecule has 6 heteroatoms. The molecule has 1 aliphatic heterocycles. The molecule has 25 heavy (non-hydrogen) atoms. The van der Waals surface area contributed by atoms with Gasteiger partial charge in [-0.05, 0) is 23.8 Å². The van der Waals surface area contributed by atoms with Gasteiger partial charge in [-0.3, -0.25) is 4.79 Å². The minimum absolute atomic E-state index is 0.227. The van der Waals surface area contributed by atoms with E-state index < -0.39 is 0 Å². The molecule has 128 valence electrons. The fourth-order valence-electron chi connectivity index (χ4n) is 2.88. The van der Waals surface area contributed by atoms with Gasteiger partial charge in [0, 0.05) is 24.6 Å². The molecule has 0 saturated heterocycles. The third-order valence-corrected chi connectivity index (χ3v) is 4.08. The Balaban J connectivity index is 1.55. The predicted molar refractivity (Wildman–Crippen MR) is 90.7 cm³/mol. The number of carbonyl (C=O) groups excluding carboxylic acids is 1. The molecule has 0 spiro atoms. The standard InChI is InChI=1S/C19H17NO5/c1-22-10-14-13-4-2-3-5-15(13)25-18(14)19(21)20-9-12-6-7-16-17(8-12)24-11-23-16/h2-8H,9-11H2,1H3,(H,20,21). The van der Waals surface area contributed by atoms with Crippen LogP contribution in [0.25, 0.3) is 11.0 Å². The van der Waals surface area contributed by atoms with E-state index in [1.165, 1.54) is 0 Å². The van der Waals surface area contributed by atoms with Crippen LogP contribution in [0.1, 0.15) is 21.7 Å². The summed E-state index contributed by atoms with van der Waals surface area (Å²) in [7, 11) is 1.59. The Labute approximate surface area is 144 Å². The van der Waals surface area contributed by atoms with E-state index in [1.54, 1.807) is 7.11 Å². The van der Waals surface area contributed by atoms with Crippen molar-refractivity contribution < 1.29 is 23.4 Å². The Morgan fingerprint density at radius 2 is 2.00 bits per heavy atom. The number of nitrogens with one attached hydrogen (secondary N) is 1. The number of rotatable bonds is 5. The Hall–Kier alpha value is -2.99. The first kappa shape index (κ1) is 15.5. The molecule has 1 N–H and O–H groups in total. The van der Waals surface area contributed by atoms with Crippen molar-refractivity contribution in [3.05, 3.63) is 59.4 Å². The molecular weight excluding hydrogens is 322 g/mol. The lowest BCUT2D eigenvalue weighted by Gasteiger charge is -2.06. The van der Waals surface area contributed by atoms with Crippen LogP contribution in [0, 0.1) is 0 Å². The van der Waals surface area contributed by atoms with Crippen LogP contribution in [-0.2, 0) is 17.9 Å². The van der Waals surface area contributed by atoms with Gasteiger partial charge in [-0.25, -0.2) is 0 Å². The molecule has 0 atom stereocenters. The van der Waals surface area contributed by atoms with Crippen LogP contribution >= 0.6 is 0 Å². The number of hydrogen-bond donors (Lipinski definition) is 1. The van der Waals surface area contributed by atoms with Crippen LogP contribution in [0.4, 0.5) is 0 Å². The Morgan fingerprint density at radius 3 is 2.88 bits per heavy atom. The van der Waals surface area contributed by atoms with Gasteiger partial charge in [0.25, 0.3) is 5.91 Å². The summed E-state index contributed by atoms with van der Waals surface area (Å²) in [6, 6.07) is 13.1. The van der Waals surface area contributed by atoms with Crippen LogP contribution in [0.15, 0.2) is 46.9 Å². The Kier molecular flexibility index (Phi) is 4.03. The molecule has 0 unspecified atom stereocenters. The number of ether oxygens (including phenoxy) is 3. The zero-order valence-electron chi connectivity index (χ0n) is 13.7. The van der Waals surface area contributed by atoms with Crippen molar-refractivity contribution in [3.8, 4) is 11.5 Å². The molecule has 3 aromatic rings. The first-order chi connectivity index (χ1) is 12.3. The van der Waals surface area contributed by atoms with Gasteiger partial charge in [0.05, 0.1) is 6.61 Å². The van der Waals surface area contributed by atoms with Crippen LogP contribution in [0.2, 0.25) is 0 Å².